The average molecular weight is 445 g/mol. The summed E-state index contributed by atoms with van der Waals surface area (Å²) in [7, 11) is 0. The minimum Gasteiger partial charge on any atom is -0.439 e. The predicted octanol–water partition coefficient (Wildman–Crippen LogP) is 4.85. The molecule has 0 aliphatic rings. The number of hydrogen-bond donors (Lipinski definition) is 3. The average Bonchev–Trinajstić information content (AvgIpc) is 2.74. The van der Waals surface area contributed by atoms with Gasteiger partial charge >= 0.3 is 12.2 Å². The van der Waals surface area contributed by atoms with E-state index >= 15 is 0 Å². The molecule has 0 atom stereocenters. The number of anilines is 3. The maximum atomic E-state index is 13.0. The number of alkyl halides is 3. The molecule has 0 fully saturated rings. The third kappa shape index (κ3) is 6.17. The zero-order chi connectivity index (χ0) is 23.1. The van der Waals surface area contributed by atoms with Crippen LogP contribution in [-0.2, 0) is 11.0 Å². The van der Waals surface area contributed by atoms with Gasteiger partial charge in [0.2, 0.25) is 5.88 Å². The van der Waals surface area contributed by atoms with Gasteiger partial charge in [0.15, 0.2) is 0 Å². The van der Waals surface area contributed by atoms with Gasteiger partial charge in [0.25, 0.3) is 0 Å². The number of urea groups is 1. The van der Waals surface area contributed by atoms with E-state index in [1.165, 1.54) is 31.5 Å². The van der Waals surface area contributed by atoms with Gasteiger partial charge in [0.1, 0.15) is 24.2 Å². The van der Waals surface area contributed by atoms with Crippen molar-refractivity contribution in [2.75, 3.05) is 22.5 Å². The van der Waals surface area contributed by atoms with Gasteiger partial charge in [-0.3, -0.25) is 0 Å². The summed E-state index contributed by atoms with van der Waals surface area (Å²) in [5, 5.41) is 7.68. The number of ether oxygens (including phenoxy) is 1. The Morgan fingerprint density at radius 3 is 2.41 bits per heavy atom. The molecule has 0 saturated carbocycles. The largest absolute Gasteiger partial charge is 0.439 e. The molecule has 0 bridgehead atoms. The molecule has 3 rings (SSSR count). The summed E-state index contributed by atoms with van der Waals surface area (Å²) < 4.78 is 44.7. The Labute approximate surface area is 180 Å². The van der Waals surface area contributed by atoms with Crippen molar-refractivity contribution in [3.05, 3.63) is 66.0 Å². The normalized spacial score (nSPS) is 10.9. The Hall–Kier alpha value is -4.15. The number of carbonyl (C=O) groups is 2. The lowest BCUT2D eigenvalue weighted by Crippen LogP contribution is -2.20. The number of rotatable bonds is 7. The third-order valence-corrected chi connectivity index (χ3v) is 4.14. The summed E-state index contributed by atoms with van der Waals surface area (Å²) >= 11 is 0. The molecule has 0 aliphatic heterocycles. The molecule has 11 heteroatoms. The number of nitrogens with zero attached hydrogens (tertiary/aromatic N) is 2. The zero-order valence-electron chi connectivity index (χ0n) is 16.7. The number of amides is 2. The van der Waals surface area contributed by atoms with Gasteiger partial charge in [-0.1, -0.05) is 6.07 Å². The molecule has 1 heterocycles. The Morgan fingerprint density at radius 1 is 1.03 bits per heavy atom. The Balaban J connectivity index is 1.60. The van der Waals surface area contributed by atoms with Gasteiger partial charge in [-0.25, -0.2) is 14.8 Å². The van der Waals surface area contributed by atoms with Crippen molar-refractivity contribution in [1.29, 1.82) is 0 Å². The minimum absolute atomic E-state index is 0.0168. The second kappa shape index (κ2) is 9.77. The fourth-order valence-corrected chi connectivity index (χ4v) is 2.66. The number of aryl methyl sites for hydroxylation is 1. The predicted molar refractivity (Wildman–Crippen MR) is 112 cm³/mol. The lowest BCUT2D eigenvalue weighted by molar-refractivity contribution is -0.138. The molecule has 0 spiro atoms. The quantitative estimate of drug-likeness (QED) is 0.449. The van der Waals surface area contributed by atoms with Crippen molar-refractivity contribution in [3.63, 3.8) is 0 Å². The Kier molecular flexibility index (Phi) is 6.88. The molecule has 0 unspecified atom stereocenters. The molecule has 1 aromatic heterocycles. The van der Waals surface area contributed by atoms with Gasteiger partial charge < -0.3 is 25.5 Å². The second-order valence-corrected chi connectivity index (χ2v) is 6.52. The van der Waals surface area contributed by atoms with Crippen LogP contribution in [0.5, 0.6) is 11.6 Å². The van der Waals surface area contributed by atoms with E-state index in [4.69, 9.17) is 4.74 Å². The number of aromatic nitrogens is 2. The van der Waals surface area contributed by atoms with Crippen LogP contribution in [0.2, 0.25) is 0 Å². The first-order valence-electron chi connectivity index (χ1n) is 9.28. The molecular weight excluding hydrogens is 427 g/mol. The molecule has 32 heavy (non-hydrogen) atoms. The van der Waals surface area contributed by atoms with Crippen LogP contribution in [0, 0.1) is 6.92 Å². The van der Waals surface area contributed by atoms with Crippen LogP contribution >= 0.6 is 0 Å². The van der Waals surface area contributed by atoms with E-state index in [1.807, 2.05) is 0 Å². The van der Waals surface area contributed by atoms with Crippen LogP contribution in [-0.4, -0.2) is 28.8 Å². The molecule has 2 aromatic carbocycles. The van der Waals surface area contributed by atoms with Crippen molar-refractivity contribution in [3.8, 4) is 11.6 Å². The van der Waals surface area contributed by atoms with Crippen molar-refractivity contribution in [2.24, 2.45) is 0 Å². The summed E-state index contributed by atoms with van der Waals surface area (Å²) in [5.74, 6) is 1.08. The molecule has 8 nitrogen and oxygen atoms in total. The lowest BCUT2D eigenvalue weighted by atomic mass is 10.1. The SMILES string of the molecule is Cc1ccc(NC(=O)Nc2ccc(Oc3cc(NCC=O)ncn3)cc2)cc1C(F)(F)F. The van der Waals surface area contributed by atoms with Crippen LogP contribution in [0.25, 0.3) is 0 Å². The van der Waals surface area contributed by atoms with E-state index in [2.05, 4.69) is 25.9 Å². The first-order valence-corrected chi connectivity index (χ1v) is 9.28. The lowest BCUT2D eigenvalue weighted by Gasteiger charge is -2.13. The fraction of sp³-hybridized carbons (Fsp3) is 0.143. The van der Waals surface area contributed by atoms with Gasteiger partial charge in [0.05, 0.1) is 12.1 Å². The minimum atomic E-state index is -4.51. The van der Waals surface area contributed by atoms with E-state index in [0.29, 0.717) is 23.5 Å². The number of nitrogens with one attached hydrogen (secondary N) is 3. The van der Waals surface area contributed by atoms with Crippen molar-refractivity contribution in [1.82, 2.24) is 9.97 Å². The van der Waals surface area contributed by atoms with Crippen LogP contribution in [0.15, 0.2) is 54.9 Å². The zero-order valence-corrected chi connectivity index (χ0v) is 16.7. The van der Waals surface area contributed by atoms with Crippen LogP contribution in [0.3, 0.4) is 0 Å². The Bertz CT molecular complexity index is 1100. The molecule has 0 saturated heterocycles. The van der Waals surface area contributed by atoms with Crippen LogP contribution in [0.4, 0.5) is 35.2 Å². The number of benzene rings is 2. The van der Waals surface area contributed by atoms with E-state index < -0.39 is 17.8 Å². The highest BCUT2D eigenvalue weighted by Crippen LogP contribution is 2.33. The maximum absolute atomic E-state index is 13.0. The molecule has 3 aromatic rings. The fourth-order valence-electron chi connectivity index (χ4n) is 2.66. The number of carbonyl (C=O) groups excluding carboxylic acids is 2. The maximum Gasteiger partial charge on any atom is 0.416 e. The molecule has 166 valence electrons. The van der Waals surface area contributed by atoms with Crippen molar-refractivity contribution >= 4 is 29.5 Å². The summed E-state index contributed by atoms with van der Waals surface area (Å²) in [4.78, 5) is 30.5. The second-order valence-electron chi connectivity index (χ2n) is 6.52. The summed E-state index contributed by atoms with van der Waals surface area (Å²) in [6.45, 7) is 1.44. The first kappa shape index (κ1) is 22.5. The first-order chi connectivity index (χ1) is 15.2. The van der Waals surface area contributed by atoms with Crippen LogP contribution < -0.4 is 20.7 Å². The third-order valence-electron chi connectivity index (χ3n) is 4.14. The van der Waals surface area contributed by atoms with E-state index in [1.54, 1.807) is 24.3 Å². The summed E-state index contributed by atoms with van der Waals surface area (Å²) in [6, 6.07) is 10.6. The molecule has 3 N–H and O–H groups in total. The van der Waals surface area contributed by atoms with Gasteiger partial charge in [-0.2, -0.15) is 13.2 Å². The highest BCUT2D eigenvalue weighted by atomic mass is 19.4. The van der Waals surface area contributed by atoms with Crippen molar-refractivity contribution < 1.29 is 27.5 Å². The van der Waals surface area contributed by atoms with E-state index in [0.717, 1.165) is 6.07 Å². The molecule has 0 aliphatic carbocycles. The summed E-state index contributed by atoms with van der Waals surface area (Å²) in [6.07, 6.45) is -2.54. The van der Waals surface area contributed by atoms with Crippen molar-refractivity contribution in [2.45, 2.75) is 13.1 Å². The number of hydrogen-bond acceptors (Lipinski definition) is 6. The van der Waals surface area contributed by atoms with E-state index in [9.17, 15) is 22.8 Å². The molecule has 0 radical (unpaired) electrons. The smallest absolute Gasteiger partial charge is 0.416 e. The molecule has 2 amide bonds. The topological polar surface area (TPSA) is 105 Å². The standard InChI is InChI=1S/C21H18F3N5O3/c1-13-2-3-15(10-17(13)21(22,23)24)29-20(31)28-14-4-6-16(7-5-14)32-19-11-18(25-8-9-30)26-12-27-19/h2-7,9-12H,8H2,1H3,(H,25,26,27)(H2,28,29,31). The van der Waals surface area contributed by atoms with Gasteiger partial charge in [0, 0.05) is 17.4 Å². The number of aldehydes is 1. The highest BCUT2D eigenvalue weighted by molar-refractivity contribution is 5.99. The molecular formula is C21H18F3N5O3. The van der Waals surface area contributed by atoms with E-state index in [-0.39, 0.29) is 23.7 Å². The van der Waals surface area contributed by atoms with Crippen LogP contribution in [0.1, 0.15) is 11.1 Å². The summed E-state index contributed by atoms with van der Waals surface area (Å²) in [5.41, 5.74) is -0.336. The highest BCUT2D eigenvalue weighted by Gasteiger charge is 2.32. The van der Waals surface area contributed by atoms with Gasteiger partial charge in [-0.05, 0) is 48.9 Å². The van der Waals surface area contributed by atoms with Gasteiger partial charge in [-0.15, -0.1) is 0 Å². The number of halogens is 3. The monoisotopic (exact) mass is 445 g/mol. The Morgan fingerprint density at radius 2 is 1.72 bits per heavy atom.